The molecule has 4 aliphatic carbocycles. The summed E-state index contributed by atoms with van der Waals surface area (Å²) >= 11 is 0. The molecule has 104 valence electrons. The molecule has 1 amide bonds. The van der Waals surface area contributed by atoms with Gasteiger partial charge in [0, 0.05) is 12.1 Å². The van der Waals surface area contributed by atoms with Crippen molar-refractivity contribution in [1.82, 2.24) is 5.43 Å². The molecule has 4 saturated carbocycles. The molecule has 0 unspecified atom stereocenters. The minimum absolute atomic E-state index is 0.187. The van der Waals surface area contributed by atoms with Crippen LogP contribution in [0.3, 0.4) is 0 Å². The zero-order chi connectivity index (χ0) is 12.8. The van der Waals surface area contributed by atoms with Crippen LogP contribution in [0.5, 0.6) is 0 Å². The number of carbonyl (C=O) groups excluding carboxylic acids is 1. The lowest BCUT2D eigenvalue weighted by Crippen LogP contribution is -2.31. The molecule has 1 N–H and O–H groups in total. The lowest BCUT2D eigenvalue weighted by molar-refractivity contribution is -0.126. The molecule has 3 heteroatoms. The van der Waals surface area contributed by atoms with E-state index in [9.17, 15) is 4.79 Å². The lowest BCUT2D eigenvalue weighted by atomic mass is 9.88. The summed E-state index contributed by atoms with van der Waals surface area (Å²) in [5, 5.41) is 4.28. The highest BCUT2D eigenvalue weighted by Crippen LogP contribution is 2.48. The number of hydrazone groups is 1. The van der Waals surface area contributed by atoms with E-state index >= 15 is 0 Å². The Balaban J connectivity index is 1.29. The lowest BCUT2D eigenvalue weighted by Gasteiger charge is -2.20. The first-order valence-corrected chi connectivity index (χ1v) is 8.12. The van der Waals surface area contributed by atoms with E-state index in [2.05, 4.69) is 10.5 Å². The average molecular weight is 260 g/mol. The zero-order valence-corrected chi connectivity index (χ0v) is 11.6. The molecule has 0 aliphatic heterocycles. The number of rotatable bonds is 3. The monoisotopic (exact) mass is 260 g/mol. The van der Waals surface area contributed by atoms with Crippen molar-refractivity contribution < 1.29 is 4.79 Å². The molecule has 0 saturated heterocycles. The molecule has 4 bridgehead atoms. The minimum atomic E-state index is 0.187. The van der Waals surface area contributed by atoms with Crippen molar-refractivity contribution in [3.63, 3.8) is 0 Å². The van der Waals surface area contributed by atoms with Gasteiger partial charge in [-0.25, -0.2) is 5.43 Å². The second-order valence-electron chi connectivity index (χ2n) is 7.37. The van der Waals surface area contributed by atoms with Crippen LogP contribution < -0.4 is 5.43 Å². The van der Waals surface area contributed by atoms with Crippen LogP contribution in [-0.2, 0) is 4.79 Å². The van der Waals surface area contributed by atoms with Crippen LogP contribution in [-0.4, -0.2) is 12.1 Å². The van der Waals surface area contributed by atoms with Crippen molar-refractivity contribution in [2.75, 3.05) is 0 Å². The van der Waals surface area contributed by atoms with E-state index in [4.69, 9.17) is 0 Å². The molecule has 4 fully saturated rings. The molecule has 19 heavy (non-hydrogen) atoms. The van der Waals surface area contributed by atoms with Crippen LogP contribution in [0.15, 0.2) is 5.10 Å². The van der Waals surface area contributed by atoms with Gasteiger partial charge in [0.25, 0.3) is 0 Å². The van der Waals surface area contributed by atoms with E-state index in [1.807, 2.05) is 6.21 Å². The van der Waals surface area contributed by atoms with Gasteiger partial charge in [-0.3, -0.25) is 4.79 Å². The summed E-state index contributed by atoms with van der Waals surface area (Å²) in [7, 11) is 0. The third-order valence-electron chi connectivity index (χ3n) is 6.31. The predicted octanol–water partition coefficient (Wildman–Crippen LogP) is 2.96. The van der Waals surface area contributed by atoms with Crippen LogP contribution in [0.25, 0.3) is 0 Å². The van der Waals surface area contributed by atoms with E-state index in [0.717, 1.165) is 24.2 Å². The molecule has 0 aromatic heterocycles. The number of amides is 1. The number of fused-ring (bicyclic) bond motifs is 4. The molecule has 0 heterocycles. The van der Waals surface area contributed by atoms with Gasteiger partial charge in [0.2, 0.25) is 5.91 Å². The number of nitrogens with zero attached hydrogens (tertiary/aromatic N) is 1. The molecule has 0 spiro atoms. The number of carbonyl (C=O) groups is 1. The standard InChI is InChI=1S/C16H24N2O/c19-16(15-8-11-2-4-13(15)6-11)18-17-9-14-7-10-1-3-12(14)5-10/h9-15H,1-8H2,(H,18,19)/b17-9-/t10-,11+,12-,13+,14+,15+/m0/s1. The highest BCUT2D eigenvalue weighted by atomic mass is 16.2. The minimum Gasteiger partial charge on any atom is -0.273 e. The molecular weight excluding hydrogens is 236 g/mol. The van der Waals surface area contributed by atoms with Gasteiger partial charge in [0.15, 0.2) is 0 Å². The van der Waals surface area contributed by atoms with Crippen LogP contribution in [0.4, 0.5) is 0 Å². The largest absolute Gasteiger partial charge is 0.273 e. The summed E-state index contributed by atoms with van der Waals surface area (Å²) < 4.78 is 0. The summed E-state index contributed by atoms with van der Waals surface area (Å²) in [4.78, 5) is 12.1. The Morgan fingerprint density at radius 1 is 0.947 bits per heavy atom. The number of hydrogen-bond acceptors (Lipinski definition) is 2. The van der Waals surface area contributed by atoms with E-state index in [0.29, 0.717) is 11.8 Å². The Labute approximate surface area is 115 Å². The van der Waals surface area contributed by atoms with Crippen LogP contribution in [0, 0.1) is 35.5 Å². The highest BCUT2D eigenvalue weighted by Gasteiger charge is 2.43. The van der Waals surface area contributed by atoms with Gasteiger partial charge in [-0.2, -0.15) is 5.10 Å². The van der Waals surface area contributed by atoms with Crippen LogP contribution >= 0.6 is 0 Å². The average Bonchev–Trinajstić information content (AvgIpc) is 3.18. The van der Waals surface area contributed by atoms with Crippen LogP contribution in [0.2, 0.25) is 0 Å². The van der Waals surface area contributed by atoms with E-state index in [-0.39, 0.29) is 11.8 Å². The number of hydrogen-bond donors (Lipinski definition) is 1. The second kappa shape index (κ2) is 4.60. The van der Waals surface area contributed by atoms with Crippen molar-refractivity contribution in [3.8, 4) is 0 Å². The Hall–Kier alpha value is -0.860. The fourth-order valence-corrected chi connectivity index (χ4v) is 5.32. The fraction of sp³-hybridized carbons (Fsp3) is 0.875. The van der Waals surface area contributed by atoms with Gasteiger partial charge in [-0.05, 0) is 68.1 Å². The summed E-state index contributed by atoms with van der Waals surface area (Å²) in [5.74, 6) is 4.37. The first-order chi connectivity index (χ1) is 9.29. The van der Waals surface area contributed by atoms with Crippen molar-refractivity contribution in [2.45, 2.75) is 51.4 Å². The Bertz CT molecular complexity index is 406. The zero-order valence-electron chi connectivity index (χ0n) is 11.6. The van der Waals surface area contributed by atoms with E-state index < -0.39 is 0 Å². The third-order valence-corrected chi connectivity index (χ3v) is 6.31. The predicted molar refractivity (Wildman–Crippen MR) is 74.5 cm³/mol. The SMILES string of the molecule is O=C(N/N=C\[C@H]1C[C@H]2CC[C@H]1C2)[C@@H]1C[C@@H]2CC[C@@H]1C2. The quantitative estimate of drug-likeness (QED) is 0.615. The van der Waals surface area contributed by atoms with Gasteiger partial charge in [-0.15, -0.1) is 0 Å². The summed E-state index contributed by atoms with van der Waals surface area (Å²) in [6, 6.07) is 0. The van der Waals surface area contributed by atoms with Gasteiger partial charge < -0.3 is 0 Å². The van der Waals surface area contributed by atoms with Gasteiger partial charge in [0.05, 0.1) is 0 Å². The molecule has 6 atom stereocenters. The molecule has 0 radical (unpaired) electrons. The van der Waals surface area contributed by atoms with E-state index in [1.54, 1.807) is 0 Å². The maximum absolute atomic E-state index is 12.1. The van der Waals surface area contributed by atoms with Crippen molar-refractivity contribution >= 4 is 12.1 Å². The van der Waals surface area contributed by atoms with Crippen LogP contribution in [0.1, 0.15) is 51.4 Å². The molecule has 4 aliphatic rings. The summed E-state index contributed by atoms with van der Waals surface area (Å²) in [6.07, 6.45) is 12.5. The first kappa shape index (κ1) is 11.9. The van der Waals surface area contributed by atoms with E-state index in [1.165, 1.54) is 44.9 Å². The molecule has 4 rings (SSSR count). The second-order valence-corrected chi connectivity index (χ2v) is 7.37. The third kappa shape index (κ3) is 2.11. The smallest absolute Gasteiger partial charge is 0.243 e. The van der Waals surface area contributed by atoms with Gasteiger partial charge in [0.1, 0.15) is 0 Å². The van der Waals surface area contributed by atoms with Crippen molar-refractivity contribution in [2.24, 2.45) is 40.6 Å². The number of nitrogens with one attached hydrogen (secondary N) is 1. The first-order valence-electron chi connectivity index (χ1n) is 8.12. The highest BCUT2D eigenvalue weighted by molar-refractivity contribution is 5.80. The molecule has 0 aromatic rings. The molecular formula is C16H24N2O. The molecule has 0 aromatic carbocycles. The van der Waals surface area contributed by atoms with Crippen molar-refractivity contribution in [1.29, 1.82) is 0 Å². The Morgan fingerprint density at radius 3 is 2.26 bits per heavy atom. The maximum atomic E-state index is 12.1. The normalized spacial score (nSPS) is 47.4. The summed E-state index contributed by atoms with van der Waals surface area (Å²) in [5.41, 5.74) is 2.83. The molecule has 3 nitrogen and oxygen atoms in total. The Kier molecular flexibility index (Phi) is 2.89. The van der Waals surface area contributed by atoms with Gasteiger partial charge >= 0.3 is 0 Å². The topological polar surface area (TPSA) is 41.5 Å². The summed E-state index contributed by atoms with van der Waals surface area (Å²) in [6.45, 7) is 0. The Morgan fingerprint density at radius 2 is 1.68 bits per heavy atom. The fourth-order valence-electron chi connectivity index (χ4n) is 5.32. The van der Waals surface area contributed by atoms with Crippen molar-refractivity contribution in [3.05, 3.63) is 0 Å². The van der Waals surface area contributed by atoms with Gasteiger partial charge in [-0.1, -0.05) is 12.8 Å². The maximum Gasteiger partial charge on any atom is 0.243 e.